The van der Waals surface area contributed by atoms with Gasteiger partial charge in [-0.25, -0.2) is 9.97 Å². The van der Waals surface area contributed by atoms with E-state index in [-0.39, 0.29) is 6.04 Å². The summed E-state index contributed by atoms with van der Waals surface area (Å²) in [5, 5.41) is 15.2. The Morgan fingerprint density at radius 3 is 2.90 bits per heavy atom. The summed E-state index contributed by atoms with van der Waals surface area (Å²) in [5.74, 6) is 0.689. The summed E-state index contributed by atoms with van der Waals surface area (Å²) < 4.78 is 32.1. The van der Waals surface area contributed by atoms with Crippen molar-refractivity contribution in [3.05, 3.63) is 53.4 Å². The molecule has 3 N–H and O–H groups in total. The largest absolute Gasteiger partial charge is 0.391 e. The smallest absolute Gasteiger partial charge is 0.335 e. The van der Waals surface area contributed by atoms with Gasteiger partial charge in [-0.3, -0.25) is 4.18 Å². The lowest BCUT2D eigenvalue weighted by Crippen LogP contribution is -2.40. The number of aliphatic hydroxyl groups is 1. The van der Waals surface area contributed by atoms with Crippen LogP contribution in [0.5, 0.6) is 0 Å². The van der Waals surface area contributed by atoms with Crippen molar-refractivity contribution in [1.29, 1.82) is 0 Å². The van der Waals surface area contributed by atoms with Crippen molar-refractivity contribution in [1.82, 2.24) is 19.3 Å². The molecule has 0 saturated heterocycles. The Balaban J connectivity index is 1.53. The molecule has 0 spiro atoms. The van der Waals surface area contributed by atoms with E-state index >= 15 is 0 Å². The highest BCUT2D eigenvalue weighted by atomic mass is 35.5. The molecule has 2 aromatic heterocycles. The van der Waals surface area contributed by atoms with Crippen LogP contribution in [0.3, 0.4) is 0 Å². The zero-order chi connectivity index (χ0) is 21.3. The summed E-state index contributed by atoms with van der Waals surface area (Å²) in [6.45, 7) is 0.556. The van der Waals surface area contributed by atoms with Crippen LogP contribution in [0.4, 0.5) is 5.82 Å². The first kappa shape index (κ1) is 21.0. The van der Waals surface area contributed by atoms with Gasteiger partial charge in [-0.05, 0) is 36.6 Å². The number of anilines is 1. The molecule has 0 radical (unpaired) electrons. The predicted molar refractivity (Wildman–Crippen MR) is 113 cm³/mol. The van der Waals surface area contributed by atoms with Crippen LogP contribution in [0.15, 0.2) is 42.9 Å². The Morgan fingerprint density at radius 2 is 2.13 bits per heavy atom. The third-order valence-corrected chi connectivity index (χ3v) is 6.54. The van der Waals surface area contributed by atoms with E-state index < -0.39 is 22.4 Å². The van der Waals surface area contributed by atoms with Crippen molar-refractivity contribution >= 4 is 38.8 Å². The van der Waals surface area contributed by atoms with Crippen molar-refractivity contribution in [3.63, 3.8) is 0 Å². The topological polar surface area (TPSA) is 118 Å². The molecule has 0 unspecified atom stereocenters. The summed E-state index contributed by atoms with van der Waals surface area (Å²) in [5.41, 5.74) is 1.74. The SMILES string of the molecule is COS(=O)(=O)N[C@H]1C[C@@H](n2ccc3c(NCc4cccc(Cl)c4)ncnc32)C[C@@H]1O. The first-order valence-electron chi connectivity index (χ1n) is 9.42. The molecule has 0 bridgehead atoms. The number of hydrogen-bond donors (Lipinski definition) is 3. The Bertz CT molecular complexity index is 1150. The van der Waals surface area contributed by atoms with E-state index in [0.717, 1.165) is 18.1 Å². The van der Waals surface area contributed by atoms with E-state index in [2.05, 4.69) is 24.2 Å². The van der Waals surface area contributed by atoms with Crippen molar-refractivity contribution in [2.75, 3.05) is 12.4 Å². The van der Waals surface area contributed by atoms with Gasteiger partial charge in [0.05, 0.1) is 24.6 Å². The van der Waals surface area contributed by atoms with Crippen molar-refractivity contribution in [2.45, 2.75) is 37.6 Å². The molecule has 4 rings (SSSR count). The summed E-state index contributed by atoms with van der Waals surface area (Å²) in [7, 11) is -2.80. The van der Waals surface area contributed by atoms with Gasteiger partial charge in [0.15, 0.2) is 0 Å². The summed E-state index contributed by atoms with van der Waals surface area (Å²) in [6.07, 6.45) is 3.36. The summed E-state index contributed by atoms with van der Waals surface area (Å²) in [6, 6.07) is 8.75. The molecular weight excluding hydrogens is 430 g/mol. The number of rotatable bonds is 7. The monoisotopic (exact) mass is 451 g/mol. The van der Waals surface area contributed by atoms with Crippen molar-refractivity contribution in [3.8, 4) is 0 Å². The molecule has 30 heavy (non-hydrogen) atoms. The fourth-order valence-electron chi connectivity index (χ4n) is 3.82. The maximum atomic E-state index is 11.7. The first-order valence-corrected chi connectivity index (χ1v) is 11.2. The second kappa shape index (κ2) is 8.48. The fraction of sp³-hybridized carbons (Fsp3) is 0.368. The number of aliphatic hydroxyl groups excluding tert-OH is 1. The lowest BCUT2D eigenvalue weighted by molar-refractivity contribution is 0.154. The van der Waals surface area contributed by atoms with E-state index in [4.69, 9.17) is 11.6 Å². The number of aromatic nitrogens is 3. The highest BCUT2D eigenvalue weighted by Crippen LogP contribution is 2.34. The van der Waals surface area contributed by atoms with Gasteiger partial charge < -0.3 is 15.0 Å². The van der Waals surface area contributed by atoms with E-state index in [1.165, 1.54) is 6.33 Å². The highest BCUT2D eigenvalue weighted by Gasteiger charge is 2.37. The van der Waals surface area contributed by atoms with E-state index in [1.54, 1.807) is 0 Å². The number of nitrogens with zero attached hydrogens (tertiary/aromatic N) is 3. The third kappa shape index (κ3) is 4.42. The standard InChI is InChI=1S/C19H22ClN5O4S/c1-29-30(27,28)24-16-8-14(9-17(16)26)25-6-5-15-18(22-11-23-19(15)25)21-10-12-3-2-4-13(20)7-12/h2-7,11,14,16-17,24,26H,8-10H2,1H3,(H,21,22,23)/t14-,16+,17+/m1/s1. The van der Waals surface area contributed by atoms with Gasteiger partial charge in [0.25, 0.3) is 0 Å². The van der Waals surface area contributed by atoms with Crippen LogP contribution in [0.25, 0.3) is 11.0 Å². The zero-order valence-electron chi connectivity index (χ0n) is 16.2. The average molecular weight is 452 g/mol. The third-order valence-electron chi connectivity index (χ3n) is 5.27. The van der Waals surface area contributed by atoms with Crippen molar-refractivity contribution in [2.24, 2.45) is 0 Å². The van der Waals surface area contributed by atoms with Gasteiger partial charge in [0.2, 0.25) is 0 Å². The minimum absolute atomic E-state index is 0.113. The molecule has 0 amide bonds. The first-order chi connectivity index (χ1) is 14.4. The Kier molecular flexibility index (Phi) is 5.94. The normalized spacial score (nSPS) is 21.9. The van der Waals surface area contributed by atoms with E-state index in [1.807, 2.05) is 41.1 Å². The molecular formula is C19H22ClN5O4S. The number of nitrogens with one attached hydrogen (secondary N) is 2. The highest BCUT2D eigenvalue weighted by molar-refractivity contribution is 7.84. The minimum atomic E-state index is -3.88. The van der Waals surface area contributed by atoms with Crippen LogP contribution in [0, 0.1) is 0 Å². The van der Waals surface area contributed by atoms with Gasteiger partial charge in [-0.15, -0.1) is 0 Å². The maximum Gasteiger partial charge on any atom is 0.335 e. The molecule has 1 saturated carbocycles. The molecule has 3 aromatic rings. The predicted octanol–water partition coefficient (Wildman–Crippen LogP) is 2.24. The molecule has 0 aliphatic heterocycles. The molecule has 3 atom stereocenters. The molecule has 1 aliphatic carbocycles. The molecule has 2 heterocycles. The van der Waals surface area contributed by atoms with Crippen LogP contribution in [0.1, 0.15) is 24.4 Å². The summed E-state index contributed by atoms with van der Waals surface area (Å²) >= 11 is 6.04. The number of halogens is 1. The fourth-order valence-corrected chi connectivity index (χ4v) is 4.75. The van der Waals surface area contributed by atoms with Crippen LogP contribution in [-0.2, 0) is 21.0 Å². The maximum absolute atomic E-state index is 11.7. The molecule has 160 valence electrons. The Hall–Kier alpha value is -2.24. The quantitative estimate of drug-likeness (QED) is 0.504. The molecule has 1 fully saturated rings. The number of fused-ring (bicyclic) bond motifs is 1. The van der Waals surface area contributed by atoms with Crippen molar-refractivity contribution < 1.29 is 17.7 Å². The number of hydrogen-bond acceptors (Lipinski definition) is 7. The average Bonchev–Trinajstić information content (AvgIpc) is 3.30. The number of benzene rings is 1. The van der Waals surface area contributed by atoms with Crippen LogP contribution >= 0.6 is 11.6 Å². The van der Waals surface area contributed by atoms with Gasteiger partial charge >= 0.3 is 10.3 Å². The second-order valence-corrected chi connectivity index (χ2v) is 9.12. The van der Waals surface area contributed by atoms with Crippen LogP contribution in [-0.4, -0.2) is 47.3 Å². The molecule has 11 heteroatoms. The van der Waals surface area contributed by atoms with Gasteiger partial charge in [0, 0.05) is 23.8 Å². The molecule has 1 aliphatic rings. The van der Waals surface area contributed by atoms with E-state index in [0.29, 0.717) is 35.9 Å². The van der Waals surface area contributed by atoms with Gasteiger partial charge in [-0.2, -0.15) is 13.1 Å². The summed E-state index contributed by atoms with van der Waals surface area (Å²) in [4.78, 5) is 8.75. The molecule has 9 nitrogen and oxygen atoms in total. The lowest BCUT2D eigenvalue weighted by Gasteiger charge is -2.15. The Morgan fingerprint density at radius 1 is 1.30 bits per heavy atom. The molecule has 1 aromatic carbocycles. The zero-order valence-corrected chi connectivity index (χ0v) is 17.8. The Labute approximate surface area is 179 Å². The lowest BCUT2D eigenvalue weighted by atomic mass is 10.2. The van der Waals surface area contributed by atoms with Gasteiger partial charge in [-0.1, -0.05) is 23.7 Å². The van der Waals surface area contributed by atoms with Crippen LogP contribution in [0.2, 0.25) is 5.02 Å². The van der Waals surface area contributed by atoms with Gasteiger partial charge in [0.1, 0.15) is 17.8 Å². The van der Waals surface area contributed by atoms with Crippen LogP contribution < -0.4 is 10.0 Å². The van der Waals surface area contributed by atoms with E-state index in [9.17, 15) is 13.5 Å². The minimum Gasteiger partial charge on any atom is -0.391 e. The second-order valence-electron chi connectivity index (χ2n) is 7.20.